The Balaban J connectivity index is 1.77. The number of carbonyl (C=O) groups is 5. The molecular formula is C37H58F2N6O8S. The highest BCUT2D eigenvalue weighted by Gasteiger charge is 2.70. The van der Waals surface area contributed by atoms with E-state index in [0.29, 0.717) is 12.0 Å². The third-order valence-corrected chi connectivity index (χ3v) is 11.9. The largest absolute Gasteiger partial charge is 0.465 e. The summed E-state index contributed by atoms with van der Waals surface area (Å²) < 4.78 is 57.5. The molecule has 6 atom stereocenters. The maximum absolute atomic E-state index is 14.4. The van der Waals surface area contributed by atoms with Crippen molar-refractivity contribution in [2.45, 2.75) is 98.8 Å². The van der Waals surface area contributed by atoms with E-state index in [1.165, 1.54) is 19.1 Å². The Morgan fingerprint density at radius 2 is 1.57 bits per heavy atom. The lowest BCUT2D eigenvalue weighted by Gasteiger charge is -2.39. The van der Waals surface area contributed by atoms with Gasteiger partial charge in [-0.2, -0.15) is 0 Å². The second-order valence-electron chi connectivity index (χ2n) is 17.2. The Kier molecular flexibility index (Phi) is 13.9. The molecule has 0 spiro atoms. The number of esters is 1. The molecule has 4 N–H and O–H groups in total. The highest BCUT2D eigenvalue weighted by molar-refractivity contribution is 7.88. The van der Waals surface area contributed by atoms with Gasteiger partial charge in [-0.1, -0.05) is 67.5 Å². The number of rotatable bonds is 15. The van der Waals surface area contributed by atoms with Crippen LogP contribution in [0.25, 0.3) is 0 Å². The summed E-state index contributed by atoms with van der Waals surface area (Å²) in [6.07, 6.45) is -2.47. The number of likely N-dealkylation sites (N-methyl/N-ethyl adjacent to an activating group) is 1. The van der Waals surface area contributed by atoms with Crippen molar-refractivity contribution in [3.05, 3.63) is 35.4 Å². The number of methoxy groups -OCH3 is 1. The van der Waals surface area contributed by atoms with Crippen LogP contribution < -0.4 is 21.3 Å². The second kappa shape index (κ2) is 16.9. The Hall–Kier alpha value is -3.86. The zero-order valence-corrected chi connectivity index (χ0v) is 34.0. The fourth-order valence-corrected chi connectivity index (χ4v) is 7.35. The van der Waals surface area contributed by atoms with Gasteiger partial charge in [-0.15, -0.1) is 0 Å². The van der Waals surface area contributed by atoms with E-state index in [-0.39, 0.29) is 36.9 Å². The van der Waals surface area contributed by atoms with Crippen LogP contribution in [0.15, 0.2) is 24.3 Å². The average molecular weight is 785 g/mol. The molecule has 14 nitrogen and oxygen atoms in total. The molecule has 1 saturated carbocycles. The molecule has 1 aromatic carbocycles. The van der Waals surface area contributed by atoms with Crippen molar-refractivity contribution in [1.82, 2.24) is 30.5 Å². The van der Waals surface area contributed by atoms with Crippen LogP contribution in [0.2, 0.25) is 0 Å². The SMILES string of the molecule is COC(=O)c1ccc(CCNC(=O)[C@H](CC(F)F)NC(=O)[C@@H]2C3C(CN2C(=O)[C@@H](NC(=O)N[C@H](CN(C)S(C)(=O)=O)C(C)(C)C)C(C)(C)C)C3(C)C)cc1. The number of sulfonamides is 1. The first-order valence-corrected chi connectivity index (χ1v) is 19.9. The van der Waals surface area contributed by atoms with Crippen molar-refractivity contribution in [3.8, 4) is 0 Å². The predicted octanol–water partition coefficient (Wildman–Crippen LogP) is 2.77. The standard InChI is InChI=1S/C37H58F2N6O8S/c1-35(2,3)25(20-44(9)54(11,51)52)42-34(50)43-29(36(4,5)6)32(48)45-19-23-27(37(23,7)8)28(45)31(47)41-24(18-26(38)39)30(46)40-17-16-21-12-14-22(15-13-21)33(49)53-10/h12-15,23-29H,16-20H2,1-11H3,(H,40,46)(H,41,47)(H2,42,43,50)/t23?,24-,25+,27?,28-,29+/m0/s1. The lowest BCUT2D eigenvalue weighted by atomic mass is 9.85. The van der Waals surface area contributed by atoms with Crippen molar-refractivity contribution in [2.24, 2.45) is 28.1 Å². The number of nitrogens with one attached hydrogen (secondary N) is 4. The van der Waals surface area contributed by atoms with E-state index in [9.17, 15) is 41.2 Å². The molecule has 1 aliphatic carbocycles. The summed E-state index contributed by atoms with van der Waals surface area (Å²) in [5, 5.41) is 10.7. The molecule has 1 saturated heterocycles. The minimum absolute atomic E-state index is 0.0196. The third kappa shape index (κ3) is 11.1. The van der Waals surface area contributed by atoms with Crippen LogP contribution in [0, 0.1) is 28.1 Å². The first-order chi connectivity index (χ1) is 24.7. The molecule has 304 valence electrons. The first-order valence-electron chi connectivity index (χ1n) is 18.0. The molecule has 1 aliphatic heterocycles. The molecular weight excluding hydrogens is 727 g/mol. The lowest BCUT2D eigenvalue weighted by molar-refractivity contribution is -0.144. The molecule has 17 heteroatoms. The molecule has 1 aromatic rings. The van der Waals surface area contributed by atoms with Crippen molar-refractivity contribution in [2.75, 3.05) is 40.0 Å². The molecule has 0 aromatic heterocycles. The van der Waals surface area contributed by atoms with Crippen molar-refractivity contribution in [1.29, 1.82) is 0 Å². The van der Waals surface area contributed by atoms with Gasteiger partial charge in [-0.05, 0) is 52.2 Å². The average Bonchev–Trinajstić information content (AvgIpc) is 3.35. The molecule has 2 aliphatic rings. The number of nitrogens with zero attached hydrogens (tertiary/aromatic N) is 2. The Labute approximate surface area is 317 Å². The van der Waals surface area contributed by atoms with Gasteiger partial charge in [0.1, 0.15) is 18.1 Å². The highest BCUT2D eigenvalue weighted by atomic mass is 32.2. The van der Waals surface area contributed by atoms with Gasteiger partial charge in [0.05, 0.1) is 18.9 Å². The van der Waals surface area contributed by atoms with Crippen LogP contribution in [0.4, 0.5) is 13.6 Å². The van der Waals surface area contributed by atoms with E-state index in [1.54, 1.807) is 45.0 Å². The van der Waals surface area contributed by atoms with Crippen LogP contribution in [0.5, 0.6) is 0 Å². The van der Waals surface area contributed by atoms with E-state index in [0.717, 1.165) is 16.1 Å². The Morgan fingerprint density at radius 3 is 2.07 bits per heavy atom. The highest BCUT2D eigenvalue weighted by Crippen LogP contribution is 2.65. The van der Waals surface area contributed by atoms with Crippen LogP contribution in [-0.4, -0.2) is 118 Å². The maximum atomic E-state index is 14.4. The van der Waals surface area contributed by atoms with Crippen molar-refractivity contribution in [3.63, 3.8) is 0 Å². The quantitative estimate of drug-likeness (QED) is 0.196. The minimum Gasteiger partial charge on any atom is -0.465 e. The van der Waals surface area contributed by atoms with Gasteiger partial charge in [0.15, 0.2) is 0 Å². The van der Waals surface area contributed by atoms with Gasteiger partial charge in [0.2, 0.25) is 34.2 Å². The van der Waals surface area contributed by atoms with Gasteiger partial charge in [0, 0.05) is 39.1 Å². The summed E-state index contributed by atoms with van der Waals surface area (Å²) in [6, 6.07) is 1.35. The monoisotopic (exact) mass is 784 g/mol. The number of urea groups is 1. The summed E-state index contributed by atoms with van der Waals surface area (Å²) >= 11 is 0. The number of benzene rings is 1. The van der Waals surface area contributed by atoms with Crippen LogP contribution >= 0.6 is 0 Å². The third-order valence-electron chi connectivity index (χ3n) is 10.6. The molecule has 5 amide bonds. The van der Waals surface area contributed by atoms with E-state index in [4.69, 9.17) is 0 Å². The number of carbonyl (C=O) groups excluding carboxylic acids is 5. The summed E-state index contributed by atoms with van der Waals surface area (Å²) in [5.41, 5.74) is -0.638. The molecule has 54 heavy (non-hydrogen) atoms. The minimum atomic E-state index is -3.55. The van der Waals surface area contributed by atoms with Gasteiger partial charge >= 0.3 is 12.0 Å². The van der Waals surface area contributed by atoms with Gasteiger partial charge in [0.25, 0.3) is 0 Å². The van der Waals surface area contributed by atoms with Gasteiger partial charge in [-0.3, -0.25) is 14.4 Å². The van der Waals surface area contributed by atoms with Crippen molar-refractivity contribution >= 4 is 39.7 Å². The van der Waals surface area contributed by atoms with Gasteiger partial charge < -0.3 is 30.9 Å². The molecule has 0 bridgehead atoms. The molecule has 3 rings (SSSR count). The van der Waals surface area contributed by atoms with Crippen LogP contribution in [0.1, 0.15) is 77.7 Å². The maximum Gasteiger partial charge on any atom is 0.337 e. The number of halogens is 2. The Bertz CT molecular complexity index is 1660. The topological polar surface area (TPSA) is 183 Å². The van der Waals surface area contributed by atoms with E-state index in [2.05, 4.69) is 26.0 Å². The van der Waals surface area contributed by atoms with E-state index in [1.807, 2.05) is 34.6 Å². The number of hydrogen-bond donors (Lipinski definition) is 4. The number of amides is 5. The normalized spacial score (nSPS) is 21.1. The summed E-state index contributed by atoms with van der Waals surface area (Å²) in [5.74, 6) is -2.98. The van der Waals surface area contributed by atoms with E-state index >= 15 is 0 Å². The van der Waals surface area contributed by atoms with Crippen LogP contribution in [-0.2, 0) is 35.6 Å². The fraction of sp³-hybridized carbons (Fsp3) is 0.703. The number of fused-ring (bicyclic) bond motifs is 1. The summed E-state index contributed by atoms with van der Waals surface area (Å²) in [4.78, 5) is 68.1. The smallest absolute Gasteiger partial charge is 0.337 e. The number of likely N-dealkylation sites (tertiary alicyclic amines) is 1. The number of hydrogen-bond acceptors (Lipinski definition) is 8. The van der Waals surface area contributed by atoms with Crippen LogP contribution in [0.3, 0.4) is 0 Å². The molecule has 1 heterocycles. The number of ether oxygens (including phenoxy) is 1. The van der Waals surface area contributed by atoms with E-state index < -0.39 is 87.6 Å². The molecule has 2 unspecified atom stereocenters. The lowest BCUT2D eigenvalue weighted by Crippen LogP contribution is -2.62. The molecule has 2 fully saturated rings. The zero-order chi connectivity index (χ0) is 41.1. The number of piperidine rings is 1. The summed E-state index contributed by atoms with van der Waals surface area (Å²) in [6.45, 7) is 14.9. The number of alkyl halides is 2. The predicted molar refractivity (Wildman–Crippen MR) is 199 cm³/mol. The summed E-state index contributed by atoms with van der Waals surface area (Å²) in [7, 11) is -0.873. The van der Waals surface area contributed by atoms with Gasteiger partial charge in [-0.25, -0.2) is 31.1 Å². The zero-order valence-electron chi connectivity index (χ0n) is 33.2. The Morgan fingerprint density at radius 1 is 0.981 bits per heavy atom. The first kappa shape index (κ1) is 44.5. The molecule has 0 radical (unpaired) electrons. The second-order valence-corrected chi connectivity index (χ2v) is 19.3. The van der Waals surface area contributed by atoms with Crippen molar-refractivity contribution < 1.29 is 45.9 Å². The fourth-order valence-electron chi connectivity index (χ4n) is 6.93.